The Balaban J connectivity index is 2.11. The molecule has 0 aromatic carbocycles. The Hall–Kier alpha value is -1.34. The minimum absolute atomic E-state index is 0.552. The molecule has 84 valence electrons. The first-order chi connectivity index (χ1) is 7.65. The fraction of sp³-hybridized carbons (Fsp3) is 0.222. The van der Waals surface area contributed by atoms with Gasteiger partial charge in [0.05, 0.1) is 4.90 Å². The molecule has 0 spiro atoms. The van der Waals surface area contributed by atoms with Crippen LogP contribution in [0.5, 0.6) is 0 Å². The molecule has 0 aliphatic heterocycles. The van der Waals surface area contributed by atoms with Crippen molar-refractivity contribution >= 4 is 27.5 Å². The van der Waals surface area contributed by atoms with E-state index in [1.54, 1.807) is 12.3 Å². The van der Waals surface area contributed by atoms with Crippen LogP contribution in [0.3, 0.4) is 0 Å². The average molecular weight is 254 g/mol. The number of nitrogens with zero attached hydrogens (tertiary/aromatic N) is 3. The predicted molar refractivity (Wildman–Crippen MR) is 63.7 cm³/mol. The lowest BCUT2D eigenvalue weighted by atomic mass is 10.4. The SMILES string of the molecule is Cc1ccc(S(=O)Nc2nnc(C)s2)cn1. The van der Waals surface area contributed by atoms with Crippen LogP contribution < -0.4 is 4.72 Å². The van der Waals surface area contributed by atoms with Crippen molar-refractivity contribution in [3.05, 3.63) is 29.0 Å². The van der Waals surface area contributed by atoms with Crippen molar-refractivity contribution in [3.63, 3.8) is 0 Å². The molecular formula is C9H10N4OS2. The largest absolute Gasteiger partial charge is 0.275 e. The van der Waals surface area contributed by atoms with Gasteiger partial charge in [0.2, 0.25) is 5.13 Å². The number of nitrogens with one attached hydrogen (secondary N) is 1. The van der Waals surface area contributed by atoms with E-state index in [0.717, 1.165) is 10.7 Å². The molecule has 7 heteroatoms. The molecule has 0 fully saturated rings. The second-order valence-electron chi connectivity index (χ2n) is 3.13. The van der Waals surface area contributed by atoms with Crippen molar-refractivity contribution in [2.75, 3.05) is 4.72 Å². The summed E-state index contributed by atoms with van der Waals surface area (Å²) in [7, 11) is -1.33. The van der Waals surface area contributed by atoms with Gasteiger partial charge in [-0.25, -0.2) is 4.21 Å². The zero-order valence-electron chi connectivity index (χ0n) is 8.80. The number of aromatic nitrogens is 3. The van der Waals surface area contributed by atoms with E-state index in [1.165, 1.54) is 11.3 Å². The Kier molecular flexibility index (Phi) is 3.25. The van der Waals surface area contributed by atoms with Crippen molar-refractivity contribution in [1.29, 1.82) is 0 Å². The highest BCUT2D eigenvalue weighted by Crippen LogP contribution is 2.16. The van der Waals surface area contributed by atoms with Gasteiger partial charge in [-0.05, 0) is 26.0 Å². The van der Waals surface area contributed by atoms with Gasteiger partial charge in [-0.1, -0.05) is 11.3 Å². The summed E-state index contributed by atoms with van der Waals surface area (Å²) in [5, 5.41) is 9.06. The van der Waals surface area contributed by atoms with Crippen molar-refractivity contribution in [1.82, 2.24) is 15.2 Å². The zero-order valence-corrected chi connectivity index (χ0v) is 10.4. The summed E-state index contributed by atoms with van der Waals surface area (Å²) in [6.45, 7) is 3.73. The van der Waals surface area contributed by atoms with Gasteiger partial charge in [0.25, 0.3) is 0 Å². The third-order valence-corrected chi connectivity index (χ3v) is 3.74. The molecular weight excluding hydrogens is 244 g/mol. The summed E-state index contributed by atoms with van der Waals surface area (Å²) in [6.07, 6.45) is 1.59. The molecule has 2 rings (SSSR count). The summed E-state index contributed by atoms with van der Waals surface area (Å²) in [6, 6.07) is 3.60. The first-order valence-electron chi connectivity index (χ1n) is 4.56. The monoisotopic (exact) mass is 254 g/mol. The maximum atomic E-state index is 11.8. The summed E-state index contributed by atoms with van der Waals surface area (Å²) in [5.41, 5.74) is 0.896. The van der Waals surface area contributed by atoms with E-state index in [-0.39, 0.29) is 0 Å². The summed E-state index contributed by atoms with van der Waals surface area (Å²) >= 11 is 1.37. The van der Waals surface area contributed by atoms with E-state index in [9.17, 15) is 4.21 Å². The lowest BCUT2D eigenvalue weighted by Crippen LogP contribution is -2.04. The molecule has 0 saturated carbocycles. The number of anilines is 1. The highest BCUT2D eigenvalue weighted by Gasteiger charge is 2.07. The van der Waals surface area contributed by atoms with E-state index in [0.29, 0.717) is 10.0 Å². The lowest BCUT2D eigenvalue weighted by molar-refractivity contribution is 0.686. The minimum atomic E-state index is -1.33. The molecule has 1 N–H and O–H groups in total. The van der Waals surface area contributed by atoms with Crippen LogP contribution in [0, 0.1) is 13.8 Å². The maximum absolute atomic E-state index is 11.8. The van der Waals surface area contributed by atoms with Gasteiger partial charge in [-0.2, -0.15) is 0 Å². The van der Waals surface area contributed by atoms with Gasteiger partial charge in [-0.3, -0.25) is 9.71 Å². The fourth-order valence-corrected chi connectivity index (χ4v) is 2.53. The Bertz CT molecular complexity index is 508. The van der Waals surface area contributed by atoms with Gasteiger partial charge in [0, 0.05) is 11.9 Å². The number of pyridine rings is 1. The lowest BCUT2D eigenvalue weighted by Gasteiger charge is -2.01. The average Bonchev–Trinajstić information content (AvgIpc) is 2.65. The zero-order chi connectivity index (χ0) is 11.5. The topological polar surface area (TPSA) is 67.8 Å². The van der Waals surface area contributed by atoms with Gasteiger partial charge in [-0.15, -0.1) is 10.2 Å². The van der Waals surface area contributed by atoms with Crippen LogP contribution in [-0.2, 0) is 11.0 Å². The van der Waals surface area contributed by atoms with Crippen LogP contribution >= 0.6 is 11.3 Å². The number of aryl methyl sites for hydroxylation is 2. The highest BCUT2D eigenvalue weighted by molar-refractivity contribution is 7.86. The summed E-state index contributed by atoms with van der Waals surface area (Å²) in [4.78, 5) is 4.70. The van der Waals surface area contributed by atoms with Gasteiger partial charge in [0.15, 0.2) is 11.0 Å². The van der Waals surface area contributed by atoms with E-state index in [4.69, 9.17) is 0 Å². The third-order valence-electron chi connectivity index (χ3n) is 1.80. The van der Waals surface area contributed by atoms with Gasteiger partial charge >= 0.3 is 0 Å². The Labute approximate surface area is 99.5 Å². The number of hydrogen-bond acceptors (Lipinski definition) is 5. The number of hydrogen-bond donors (Lipinski definition) is 1. The molecule has 0 amide bonds. The molecule has 2 heterocycles. The smallest absolute Gasteiger partial charge is 0.217 e. The Morgan fingerprint density at radius 3 is 2.69 bits per heavy atom. The van der Waals surface area contributed by atoms with E-state index in [2.05, 4.69) is 19.9 Å². The molecule has 0 radical (unpaired) electrons. The quantitative estimate of drug-likeness (QED) is 0.905. The molecule has 2 aromatic heterocycles. The molecule has 0 bridgehead atoms. The molecule has 0 aliphatic carbocycles. The van der Waals surface area contributed by atoms with Gasteiger partial charge < -0.3 is 0 Å². The normalized spacial score (nSPS) is 12.4. The standard InChI is InChI=1S/C9H10N4OS2/c1-6-3-4-8(5-10-6)16(14)13-9-12-11-7(2)15-9/h3-5H,1-2H3,(H,12,13). The fourth-order valence-electron chi connectivity index (χ4n) is 1.04. The van der Waals surface area contributed by atoms with Crippen molar-refractivity contribution in [3.8, 4) is 0 Å². The van der Waals surface area contributed by atoms with E-state index >= 15 is 0 Å². The minimum Gasteiger partial charge on any atom is -0.275 e. The van der Waals surface area contributed by atoms with Crippen LogP contribution in [0.4, 0.5) is 5.13 Å². The molecule has 2 aromatic rings. The van der Waals surface area contributed by atoms with Crippen LogP contribution in [0.2, 0.25) is 0 Å². The van der Waals surface area contributed by atoms with Gasteiger partial charge in [0.1, 0.15) is 5.01 Å². The van der Waals surface area contributed by atoms with Crippen LogP contribution in [0.1, 0.15) is 10.7 Å². The number of rotatable bonds is 3. The van der Waals surface area contributed by atoms with E-state index in [1.807, 2.05) is 19.9 Å². The maximum Gasteiger partial charge on any atom is 0.217 e. The van der Waals surface area contributed by atoms with Crippen molar-refractivity contribution < 1.29 is 4.21 Å². The molecule has 16 heavy (non-hydrogen) atoms. The third kappa shape index (κ3) is 2.61. The molecule has 1 atom stereocenters. The summed E-state index contributed by atoms with van der Waals surface area (Å²) < 4.78 is 14.6. The first kappa shape index (κ1) is 11.2. The highest BCUT2D eigenvalue weighted by atomic mass is 32.2. The molecule has 0 saturated heterocycles. The molecule has 1 unspecified atom stereocenters. The Morgan fingerprint density at radius 1 is 1.31 bits per heavy atom. The first-order valence-corrected chi connectivity index (χ1v) is 6.53. The Morgan fingerprint density at radius 2 is 2.12 bits per heavy atom. The van der Waals surface area contributed by atoms with Crippen LogP contribution in [-0.4, -0.2) is 19.4 Å². The predicted octanol–water partition coefficient (Wildman–Crippen LogP) is 1.68. The molecule has 5 nitrogen and oxygen atoms in total. The van der Waals surface area contributed by atoms with Crippen molar-refractivity contribution in [2.24, 2.45) is 0 Å². The van der Waals surface area contributed by atoms with Crippen molar-refractivity contribution in [2.45, 2.75) is 18.7 Å². The second kappa shape index (κ2) is 4.67. The summed E-state index contributed by atoms with van der Waals surface area (Å²) in [5.74, 6) is 0. The van der Waals surface area contributed by atoms with Crippen LogP contribution in [0.25, 0.3) is 0 Å². The second-order valence-corrected chi connectivity index (χ2v) is 5.53. The van der Waals surface area contributed by atoms with E-state index < -0.39 is 11.0 Å². The molecule has 0 aliphatic rings. The van der Waals surface area contributed by atoms with Crippen LogP contribution in [0.15, 0.2) is 23.2 Å².